The van der Waals surface area contributed by atoms with Crippen LogP contribution in [0.5, 0.6) is 5.75 Å². The number of ether oxygens (including phenoxy) is 1. The molecule has 1 saturated heterocycles. The van der Waals surface area contributed by atoms with E-state index in [-0.39, 0.29) is 17.9 Å². The number of likely N-dealkylation sites (tertiary alicyclic amines) is 1. The van der Waals surface area contributed by atoms with E-state index in [1.807, 2.05) is 72.8 Å². The Bertz CT molecular complexity index is 992. The van der Waals surface area contributed by atoms with Crippen LogP contribution in [-0.4, -0.2) is 42.0 Å². The van der Waals surface area contributed by atoms with Crippen molar-refractivity contribution in [2.45, 2.75) is 18.9 Å². The quantitative estimate of drug-likeness (QED) is 0.540. The number of benzene rings is 2. The van der Waals surface area contributed by atoms with Crippen LogP contribution in [-0.2, 0) is 4.79 Å². The van der Waals surface area contributed by atoms with Gasteiger partial charge in [-0.05, 0) is 67.9 Å². The molecule has 2 aromatic carbocycles. The van der Waals surface area contributed by atoms with Crippen molar-refractivity contribution in [1.82, 2.24) is 15.2 Å². The van der Waals surface area contributed by atoms with Gasteiger partial charge in [0.25, 0.3) is 0 Å². The molecule has 166 valence electrons. The Balaban J connectivity index is 1.31. The predicted octanol–water partition coefficient (Wildman–Crippen LogP) is 4.73. The van der Waals surface area contributed by atoms with E-state index in [9.17, 15) is 4.79 Å². The summed E-state index contributed by atoms with van der Waals surface area (Å²) in [4.78, 5) is 20.0. The van der Waals surface area contributed by atoms with Crippen molar-refractivity contribution in [2.75, 3.05) is 26.2 Å². The molecule has 0 spiro atoms. The Labute approximate surface area is 194 Å². The third-order valence-corrected chi connectivity index (χ3v) is 6.07. The molecule has 1 unspecified atom stereocenters. The molecule has 6 heteroatoms. The molecule has 0 saturated carbocycles. The van der Waals surface area contributed by atoms with Crippen LogP contribution in [0.1, 0.15) is 30.1 Å². The van der Waals surface area contributed by atoms with Gasteiger partial charge >= 0.3 is 0 Å². The van der Waals surface area contributed by atoms with Crippen LogP contribution in [0.3, 0.4) is 0 Å². The number of carbonyl (C=O) groups excluding carboxylic acids is 1. The average molecular weight is 450 g/mol. The van der Waals surface area contributed by atoms with Crippen molar-refractivity contribution in [3.05, 3.63) is 95.3 Å². The lowest BCUT2D eigenvalue weighted by Gasteiger charge is -2.32. The fourth-order valence-electron chi connectivity index (χ4n) is 4.05. The van der Waals surface area contributed by atoms with Crippen molar-refractivity contribution in [3.8, 4) is 5.75 Å². The van der Waals surface area contributed by atoms with Gasteiger partial charge in [0.15, 0.2) is 0 Å². The highest BCUT2D eigenvalue weighted by Gasteiger charge is 2.27. The van der Waals surface area contributed by atoms with E-state index in [1.165, 1.54) is 0 Å². The molecular formula is C26H28ClN3O2. The first-order chi connectivity index (χ1) is 15.7. The first-order valence-electron chi connectivity index (χ1n) is 11.1. The molecule has 1 N–H and O–H groups in total. The van der Waals surface area contributed by atoms with Crippen molar-refractivity contribution >= 4 is 17.5 Å². The first-order valence-corrected chi connectivity index (χ1v) is 11.4. The second-order valence-corrected chi connectivity index (χ2v) is 8.47. The number of aromatic nitrogens is 1. The highest BCUT2D eigenvalue weighted by molar-refractivity contribution is 6.30. The van der Waals surface area contributed by atoms with Crippen LogP contribution < -0.4 is 10.1 Å². The minimum Gasteiger partial charge on any atom is -0.492 e. The Morgan fingerprint density at radius 1 is 1.06 bits per heavy atom. The maximum Gasteiger partial charge on any atom is 0.224 e. The Kier molecular flexibility index (Phi) is 7.75. The van der Waals surface area contributed by atoms with Gasteiger partial charge in [-0.1, -0.05) is 48.0 Å². The van der Waals surface area contributed by atoms with E-state index >= 15 is 0 Å². The minimum absolute atomic E-state index is 0.00770. The molecule has 1 amide bonds. The number of para-hydroxylation sites is 1. The number of rotatable bonds is 8. The molecule has 0 radical (unpaired) electrons. The average Bonchev–Trinajstić information content (AvgIpc) is 2.84. The van der Waals surface area contributed by atoms with Crippen LogP contribution in [0.2, 0.25) is 5.02 Å². The first kappa shape index (κ1) is 22.3. The number of pyridine rings is 1. The number of nitrogens with one attached hydrogen (secondary N) is 1. The zero-order valence-electron chi connectivity index (χ0n) is 18.0. The number of hydrogen-bond acceptors (Lipinski definition) is 4. The normalized spacial score (nSPS) is 15.8. The number of amides is 1. The molecule has 1 aromatic heterocycles. The number of hydrogen-bond donors (Lipinski definition) is 1. The van der Waals surface area contributed by atoms with Gasteiger partial charge in [-0.15, -0.1) is 0 Å². The zero-order valence-corrected chi connectivity index (χ0v) is 18.7. The molecule has 1 fully saturated rings. The van der Waals surface area contributed by atoms with Crippen molar-refractivity contribution in [1.29, 1.82) is 0 Å². The van der Waals surface area contributed by atoms with E-state index in [2.05, 4.69) is 15.2 Å². The Morgan fingerprint density at radius 3 is 2.56 bits per heavy atom. The number of nitrogens with zero attached hydrogens (tertiary/aromatic N) is 2. The van der Waals surface area contributed by atoms with Crippen molar-refractivity contribution in [3.63, 3.8) is 0 Å². The molecule has 32 heavy (non-hydrogen) atoms. The fourth-order valence-corrected chi connectivity index (χ4v) is 4.25. The second-order valence-electron chi connectivity index (χ2n) is 8.03. The SMILES string of the molecule is O=C(NC(c1cccc(Cl)c1)c1ccccn1)C1CCN(CCOc2ccccc2)CC1. The van der Waals surface area contributed by atoms with Crippen LogP contribution in [0.15, 0.2) is 79.0 Å². The molecule has 0 bridgehead atoms. The smallest absolute Gasteiger partial charge is 0.224 e. The predicted molar refractivity (Wildman–Crippen MR) is 127 cm³/mol. The van der Waals surface area contributed by atoms with E-state index in [1.54, 1.807) is 6.20 Å². The van der Waals surface area contributed by atoms with Gasteiger partial charge in [0.1, 0.15) is 12.4 Å². The Hall–Kier alpha value is -2.89. The molecule has 3 aromatic rings. The fraction of sp³-hybridized carbons (Fsp3) is 0.308. The third kappa shape index (κ3) is 6.09. The number of halogens is 1. The second kappa shape index (κ2) is 11.1. The van der Waals surface area contributed by atoms with Crippen LogP contribution >= 0.6 is 11.6 Å². The standard InChI is InChI=1S/C26H28ClN3O2/c27-22-8-6-7-21(19-22)25(24-11-4-5-14-28-24)29-26(31)20-12-15-30(16-13-20)17-18-32-23-9-2-1-3-10-23/h1-11,14,19-20,25H,12-13,15-18H2,(H,29,31). The van der Waals surface area contributed by atoms with Gasteiger partial charge < -0.3 is 10.1 Å². The molecule has 2 heterocycles. The third-order valence-electron chi connectivity index (χ3n) is 5.83. The highest BCUT2D eigenvalue weighted by Crippen LogP contribution is 2.25. The van der Waals surface area contributed by atoms with Crippen LogP contribution in [0, 0.1) is 5.92 Å². The summed E-state index contributed by atoms with van der Waals surface area (Å²) >= 11 is 6.21. The summed E-state index contributed by atoms with van der Waals surface area (Å²) in [5, 5.41) is 3.87. The van der Waals surface area contributed by atoms with Gasteiger partial charge in [0.05, 0.1) is 11.7 Å². The van der Waals surface area contributed by atoms with Crippen LogP contribution in [0.25, 0.3) is 0 Å². The van der Waals surface area contributed by atoms with E-state index < -0.39 is 0 Å². The molecule has 4 rings (SSSR count). The van der Waals surface area contributed by atoms with Crippen LogP contribution in [0.4, 0.5) is 0 Å². The summed E-state index contributed by atoms with van der Waals surface area (Å²) in [7, 11) is 0. The maximum absolute atomic E-state index is 13.1. The highest BCUT2D eigenvalue weighted by atomic mass is 35.5. The van der Waals surface area contributed by atoms with Gasteiger partial charge in [0, 0.05) is 23.7 Å². The summed E-state index contributed by atoms with van der Waals surface area (Å²) in [5.74, 6) is 0.954. The monoisotopic (exact) mass is 449 g/mol. The number of carbonyl (C=O) groups is 1. The molecule has 1 aliphatic heterocycles. The molecule has 1 aliphatic rings. The van der Waals surface area contributed by atoms with E-state index in [0.29, 0.717) is 11.6 Å². The molecule has 1 atom stereocenters. The summed E-state index contributed by atoms with van der Waals surface area (Å²) in [5.41, 5.74) is 1.73. The lowest BCUT2D eigenvalue weighted by Crippen LogP contribution is -2.42. The largest absolute Gasteiger partial charge is 0.492 e. The molecular weight excluding hydrogens is 422 g/mol. The Morgan fingerprint density at radius 2 is 1.84 bits per heavy atom. The molecule has 5 nitrogen and oxygen atoms in total. The summed E-state index contributed by atoms with van der Waals surface area (Å²) in [6.07, 6.45) is 3.42. The van der Waals surface area contributed by atoms with Crippen molar-refractivity contribution < 1.29 is 9.53 Å². The topological polar surface area (TPSA) is 54.5 Å². The van der Waals surface area contributed by atoms with Gasteiger partial charge in [-0.25, -0.2) is 0 Å². The summed E-state index contributed by atoms with van der Waals surface area (Å²) < 4.78 is 5.80. The zero-order chi connectivity index (χ0) is 22.2. The summed E-state index contributed by atoms with van der Waals surface area (Å²) in [6.45, 7) is 3.29. The number of piperidine rings is 1. The van der Waals surface area contributed by atoms with E-state index in [0.717, 1.165) is 49.5 Å². The van der Waals surface area contributed by atoms with E-state index in [4.69, 9.17) is 16.3 Å². The minimum atomic E-state index is -0.320. The van der Waals surface area contributed by atoms with Crippen molar-refractivity contribution in [2.24, 2.45) is 5.92 Å². The molecule has 0 aliphatic carbocycles. The van der Waals surface area contributed by atoms with Gasteiger partial charge in [0.2, 0.25) is 5.91 Å². The lowest BCUT2D eigenvalue weighted by molar-refractivity contribution is -0.127. The van der Waals surface area contributed by atoms with Gasteiger partial charge in [-0.3, -0.25) is 14.7 Å². The lowest BCUT2D eigenvalue weighted by atomic mass is 9.94. The van der Waals surface area contributed by atoms with Gasteiger partial charge in [-0.2, -0.15) is 0 Å². The summed E-state index contributed by atoms with van der Waals surface area (Å²) in [6, 6.07) is 22.9. The maximum atomic E-state index is 13.1.